The van der Waals surface area contributed by atoms with Gasteiger partial charge in [0.05, 0.1) is 5.56 Å². The molecule has 2 amide bonds. The van der Waals surface area contributed by atoms with E-state index in [1.54, 1.807) is 0 Å². The Morgan fingerprint density at radius 1 is 0.935 bits per heavy atom. The number of nitrogens with one attached hydrogen (secondary N) is 2. The van der Waals surface area contributed by atoms with Crippen molar-refractivity contribution in [1.82, 2.24) is 5.32 Å². The van der Waals surface area contributed by atoms with Crippen LogP contribution in [-0.4, -0.2) is 30.9 Å². The van der Waals surface area contributed by atoms with Crippen molar-refractivity contribution in [3.8, 4) is 0 Å². The molecule has 0 radical (unpaired) electrons. The highest BCUT2D eigenvalue weighted by Crippen LogP contribution is 2.28. The van der Waals surface area contributed by atoms with E-state index in [0.29, 0.717) is 12.0 Å². The van der Waals surface area contributed by atoms with Gasteiger partial charge >= 0.3 is 0 Å². The summed E-state index contributed by atoms with van der Waals surface area (Å²) in [6.45, 7) is 4.20. The smallest absolute Gasteiger partial charge is 0.253 e. The van der Waals surface area contributed by atoms with Crippen molar-refractivity contribution >= 4 is 23.2 Å². The van der Waals surface area contributed by atoms with E-state index in [1.807, 2.05) is 18.2 Å². The molecule has 2 N–H and O–H groups in total. The summed E-state index contributed by atoms with van der Waals surface area (Å²) in [5.41, 5.74) is 2.43. The van der Waals surface area contributed by atoms with Gasteiger partial charge in [-0.3, -0.25) is 9.59 Å². The number of carbonyl (C=O) groups excluding carboxylic acids is 2. The Kier molecular flexibility index (Phi) is 9.70. The van der Waals surface area contributed by atoms with Gasteiger partial charge < -0.3 is 15.5 Å². The number of unbranched alkanes of at least 4 members (excludes halogenated alkanes) is 5. The van der Waals surface area contributed by atoms with Crippen LogP contribution in [0.25, 0.3) is 0 Å². The summed E-state index contributed by atoms with van der Waals surface area (Å²) >= 11 is 0. The molecule has 31 heavy (non-hydrogen) atoms. The van der Waals surface area contributed by atoms with E-state index in [1.165, 1.54) is 57.8 Å². The van der Waals surface area contributed by atoms with Crippen molar-refractivity contribution in [2.45, 2.75) is 103 Å². The number of hydrogen-bond acceptors (Lipinski definition) is 3. The van der Waals surface area contributed by atoms with E-state index in [4.69, 9.17) is 0 Å². The maximum atomic E-state index is 13.2. The average molecular weight is 428 g/mol. The van der Waals surface area contributed by atoms with E-state index >= 15 is 0 Å². The van der Waals surface area contributed by atoms with Crippen LogP contribution in [0.1, 0.15) is 107 Å². The molecule has 3 rings (SSSR count). The van der Waals surface area contributed by atoms with Gasteiger partial charge in [0.25, 0.3) is 5.91 Å². The summed E-state index contributed by atoms with van der Waals surface area (Å²) in [4.78, 5) is 27.9. The van der Waals surface area contributed by atoms with E-state index in [2.05, 4.69) is 22.5 Å². The molecular formula is C26H41N3O2. The topological polar surface area (TPSA) is 61.4 Å². The first kappa shape index (κ1) is 23.6. The van der Waals surface area contributed by atoms with E-state index in [9.17, 15) is 9.59 Å². The molecule has 172 valence electrons. The van der Waals surface area contributed by atoms with E-state index in [0.717, 1.165) is 50.1 Å². The summed E-state index contributed by atoms with van der Waals surface area (Å²) < 4.78 is 0. The van der Waals surface area contributed by atoms with Crippen LogP contribution < -0.4 is 15.5 Å². The fourth-order valence-corrected chi connectivity index (χ4v) is 4.83. The predicted molar refractivity (Wildman–Crippen MR) is 129 cm³/mol. The SMILES string of the molecule is CCCCCCCCC(=O)Nc1ccc(N2CCCC2)c(C(=O)NC2CCCCC2)c1. The first-order valence-corrected chi connectivity index (χ1v) is 12.7. The van der Waals surface area contributed by atoms with Gasteiger partial charge in [0, 0.05) is 36.9 Å². The maximum absolute atomic E-state index is 13.2. The number of nitrogens with zero attached hydrogens (tertiary/aromatic N) is 1. The second-order valence-corrected chi connectivity index (χ2v) is 9.30. The van der Waals surface area contributed by atoms with Gasteiger partial charge in [-0.05, 0) is 50.3 Å². The molecule has 2 aliphatic rings. The maximum Gasteiger partial charge on any atom is 0.253 e. The highest BCUT2D eigenvalue weighted by atomic mass is 16.2. The molecule has 0 unspecified atom stereocenters. The molecule has 0 bridgehead atoms. The zero-order valence-electron chi connectivity index (χ0n) is 19.4. The lowest BCUT2D eigenvalue weighted by atomic mass is 9.95. The van der Waals surface area contributed by atoms with Crippen molar-refractivity contribution in [3.05, 3.63) is 23.8 Å². The largest absolute Gasteiger partial charge is 0.371 e. The zero-order chi connectivity index (χ0) is 21.9. The molecule has 2 fully saturated rings. The molecule has 5 heteroatoms. The molecule has 0 spiro atoms. The summed E-state index contributed by atoms with van der Waals surface area (Å²) in [6, 6.07) is 6.12. The molecule has 1 heterocycles. The second kappa shape index (κ2) is 12.7. The molecular weight excluding hydrogens is 386 g/mol. The average Bonchev–Trinajstić information content (AvgIpc) is 3.31. The lowest BCUT2D eigenvalue weighted by Crippen LogP contribution is -2.37. The van der Waals surface area contributed by atoms with Gasteiger partial charge in [-0.2, -0.15) is 0 Å². The summed E-state index contributed by atoms with van der Waals surface area (Å²) in [5, 5.41) is 6.28. The Morgan fingerprint density at radius 2 is 1.65 bits per heavy atom. The van der Waals surface area contributed by atoms with Crippen molar-refractivity contribution in [2.24, 2.45) is 0 Å². The van der Waals surface area contributed by atoms with Crippen molar-refractivity contribution in [1.29, 1.82) is 0 Å². The summed E-state index contributed by atoms with van der Waals surface area (Å²) in [5.74, 6) is 0.0453. The molecule has 1 aliphatic heterocycles. The Bertz CT molecular complexity index is 707. The van der Waals surface area contributed by atoms with Gasteiger partial charge in [-0.1, -0.05) is 58.3 Å². The van der Waals surface area contributed by atoms with Crippen LogP contribution in [-0.2, 0) is 4.79 Å². The van der Waals surface area contributed by atoms with Gasteiger partial charge in [-0.25, -0.2) is 0 Å². The monoisotopic (exact) mass is 427 g/mol. The first-order chi connectivity index (χ1) is 15.2. The Hall–Kier alpha value is -2.04. The second-order valence-electron chi connectivity index (χ2n) is 9.30. The molecule has 1 saturated heterocycles. The molecule has 5 nitrogen and oxygen atoms in total. The minimum absolute atomic E-state index is 0.000762. The Morgan fingerprint density at radius 3 is 2.39 bits per heavy atom. The highest BCUT2D eigenvalue weighted by Gasteiger charge is 2.23. The molecule has 1 aliphatic carbocycles. The molecule has 1 aromatic carbocycles. The van der Waals surface area contributed by atoms with Gasteiger partial charge in [0.15, 0.2) is 0 Å². The van der Waals surface area contributed by atoms with E-state index < -0.39 is 0 Å². The molecule has 1 saturated carbocycles. The van der Waals surface area contributed by atoms with Gasteiger partial charge in [0.1, 0.15) is 0 Å². The lowest BCUT2D eigenvalue weighted by Gasteiger charge is -2.25. The van der Waals surface area contributed by atoms with Crippen LogP contribution in [0.5, 0.6) is 0 Å². The third-order valence-electron chi connectivity index (χ3n) is 6.67. The standard InChI is InChI=1S/C26H41N3O2/c1-2-3-4-5-6-10-15-25(30)27-22-16-17-24(29-18-11-12-19-29)23(20-22)26(31)28-21-13-8-7-9-14-21/h16-17,20-21H,2-15,18-19H2,1H3,(H,27,30)(H,28,31). The Balaban J connectivity index is 1.61. The third-order valence-corrected chi connectivity index (χ3v) is 6.67. The number of anilines is 2. The van der Waals surface area contributed by atoms with Crippen molar-refractivity contribution in [2.75, 3.05) is 23.3 Å². The summed E-state index contributed by atoms with van der Waals surface area (Å²) in [6.07, 6.45) is 15.7. The van der Waals surface area contributed by atoms with Crippen molar-refractivity contribution < 1.29 is 9.59 Å². The van der Waals surface area contributed by atoms with Crippen LogP contribution in [0.15, 0.2) is 18.2 Å². The minimum Gasteiger partial charge on any atom is -0.371 e. The van der Waals surface area contributed by atoms with Crippen LogP contribution in [0.2, 0.25) is 0 Å². The van der Waals surface area contributed by atoms with Crippen LogP contribution in [0.4, 0.5) is 11.4 Å². The van der Waals surface area contributed by atoms with Crippen LogP contribution >= 0.6 is 0 Å². The molecule has 1 aromatic rings. The molecule has 0 aromatic heterocycles. The number of carbonyl (C=O) groups is 2. The number of amides is 2. The number of hydrogen-bond donors (Lipinski definition) is 2. The number of rotatable bonds is 11. The van der Waals surface area contributed by atoms with Crippen LogP contribution in [0, 0.1) is 0 Å². The van der Waals surface area contributed by atoms with Crippen molar-refractivity contribution in [3.63, 3.8) is 0 Å². The Labute approximate surface area is 188 Å². The molecule has 0 atom stereocenters. The zero-order valence-corrected chi connectivity index (χ0v) is 19.4. The van der Waals surface area contributed by atoms with Crippen LogP contribution in [0.3, 0.4) is 0 Å². The minimum atomic E-state index is 0.000762. The quantitative estimate of drug-likeness (QED) is 0.423. The van der Waals surface area contributed by atoms with Gasteiger partial charge in [0.2, 0.25) is 5.91 Å². The fraction of sp³-hybridized carbons (Fsp3) is 0.692. The lowest BCUT2D eigenvalue weighted by molar-refractivity contribution is -0.116. The first-order valence-electron chi connectivity index (χ1n) is 12.7. The normalized spacial score (nSPS) is 17.0. The van der Waals surface area contributed by atoms with Gasteiger partial charge in [-0.15, -0.1) is 0 Å². The van der Waals surface area contributed by atoms with E-state index in [-0.39, 0.29) is 17.9 Å². The predicted octanol–water partition coefficient (Wildman–Crippen LogP) is 6.04. The summed E-state index contributed by atoms with van der Waals surface area (Å²) in [7, 11) is 0. The number of benzene rings is 1. The fourth-order valence-electron chi connectivity index (χ4n) is 4.83. The third kappa shape index (κ3) is 7.55. The highest BCUT2D eigenvalue weighted by molar-refractivity contribution is 6.02.